The van der Waals surface area contributed by atoms with Gasteiger partial charge in [-0.2, -0.15) is 5.10 Å². The number of aromatic nitrogens is 3. The topological polar surface area (TPSA) is 52.3 Å². The molecule has 0 amide bonds. The zero-order chi connectivity index (χ0) is 17.2. The Morgan fingerprint density at radius 3 is 2.92 bits per heavy atom. The Kier molecular flexibility index (Phi) is 5.17. The van der Waals surface area contributed by atoms with Crippen molar-refractivity contribution in [2.45, 2.75) is 24.3 Å². The van der Waals surface area contributed by atoms with E-state index in [1.165, 1.54) is 0 Å². The van der Waals surface area contributed by atoms with Crippen molar-refractivity contribution in [3.05, 3.63) is 39.5 Å². The summed E-state index contributed by atoms with van der Waals surface area (Å²) in [6, 6.07) is 5.68. The number of hydrogen-bond donors (Lipinski definition) is 0. The number of nitrogens with zero attached hydrogens (tertiary/aromatic N) is 4. The summed E-state index contributed by atoms with van der Waals surface area (Å²) in [7, 11) is 0. The average Bonchev–Trinajstić information content (AvgIpc) is 2.82. The van der Waals surface area contributed by atoms with Gasteiger partial charge in [0.25, 0.3) is 0 Å². The molecule has 0 N–H and O–H groups in total. The molecule has 2 aromatic rings. The van der Waals surface area contributed by atoms with E-state index >= 15 is 0 Å². The molecule has 0 bridgehead atoms. The average molecular weight is 381 g/mol. The Hall–Kier alpha value is -1.28. The highest BCUT2D eigenvalue weighted by Crippen LogP contribution is 2.31. The summed E-state index contributed by atoms with van der Waals surface area (Å²) in [4.78, 5) is 16.3. The second kappa shape index (κ2) is 7.53. The third-order valence-electron chi connectivity index (χ3n) is 4.60. The van der Waals surface area contributed by atoms with Gasteiger partial charge < -0.3 is 4.74 Å². The molecule has 0 radical (unpaired) electrons. The van der Waals surface area contributed by atoms with Gasteiger partial charge in [0.1, 0.15) is 5.82 Å². The molecule has 134 valence electrons. The Labute approximate surface area is 155 Å². The lowest BCUT2D eigenvalue weighted by atomic mass is 10.3. The predicted octanol–water partition coefficient (Wildman–Crippen LogP) is 2.06. The van der Waals surface area contributed by atoms with Crippen LogP contribution in [0.1, 0.15) is 12.2 Å². The molecule has 2 aliphatic rings. The number of aryl methyl sites for hydroxylation is 2. The smallest absolute Gasteiger partial charge is 0.350 e. The minimum absolute atomic E-state index is 0.0527. The molecule has 0 spiro atoms. The monoisotopic (exact) mass is 380 g/mol. The molecule has 4 rings (SSSR count). The van der Waals surface area contributed by atoms with E-state index in [4.69, 9.17) is 16.3 Å². The van der Waals surface area contributed by atoms with Gasteiger partial charge in [-0.3, -0.25) is 4.90 Å². The van der Waals surface area contributed by atoms with Gasteiger partial charge in [-0.15, -0.1) is 11.8 Å². The maximum absolute atomic E-state index is 12.9. The fourth-order valence-corrected chi connectivity index (χ4v) is 4.57. The second-order valence-corrected chi connectivity index (χ2v) is 7.85. The van der Waals surface area contributed by atoms with Gasteiger partial charge in [0.05, 0.1) is 18.9 Å². The molecule has 0 aliphatic carbocycles. The van der Waals surface area contributed by atoms with Gasteiger partial charge in [0.15, 0.2) is 0 Å². The Morgan fingerprint density at radius 1 is 1.24 bits per heavy atom. The van der Waals surface area contributed by atoms with Gasteiger partial charge in [-0.25, -0.2) is 14.0 Å². The molecule has 2 aliphatic heterocycles. The first-order valence-corrected chi connectivity index (χ1v) is 10.0. The van der Waals surface area contributed by atoms with Crippen LogP contribution in [0.25, 0.3) is 5.69 Å². The van der Waals surface area contributed by atoms with Crippen molar-refractivity contribution in [2.75, 3.05) is 38.6 Å². The first-order chi connectivity index (χ1) is 12.2. The molecule has 8 heteroatoms. The van der Waals surface area contributed by atoms with Crippen LogP contribution in [0.2, 0.25) is 5.02 Å². The molecule has 25 heavy (non-hydrogen) atoms. The molecule has 3 heterocycles. The van der Waals surface area contributed by atoms with Crippen LogP contribution >= 0.6 is 23.4 Å². The van der Waals surface area contributed by atoms with Crippen LogP contribution in [0.15, 0.2) is 27.9 Å². The molecule has 1 saturated heterocycles. The maximum atomic E-state index is 12.9. The number of rotatable bonds is 4. The van der Waals surface area contributed by atoms with Crippen LogP contribution in [-0.2, 0) is 17.7 Å². The lowest BCUT2D eigenvalue weighted by molar-refractivity contribution is 0.0368. The van der Waals surface area contributed by atoms with E-state index in [9.17, 15) is 4.79 Å². The summed E-state index contributed by atoms with van der Waals surface area (Å²) >= 11 is 7.83. The standard InChI is InChI=1S/C17H21ClN4O2S/c18-13-2-3-14-15(12-13)25-11-4-16-19-21(17(23)22(14)16)6-1-5-20-7-9-24-10-8-20/h2-3,12H,1,4-11H2. The first-order valence-electron chi connectivity index (χ1n) is 8.64. The fraction of sp³-hybridized carbons (Fsp3) is 0.529. The summed E-state index contributed by atoms with van der Waals surface area (Å²) in [5.41, 5.74) is 0.842. The number of benzene rings is 1. The zero-order valence-corrected chi connectivity index (χ0v) is 15.6. The lowest BCUT2D eigenvalue weighted by Crippen LogP contribution is -2.37. The van der Waals surface area contributed by atoms with E-state index in [1.54, 1.807) is 21.0 Å². The summed E-state index contributed by atoms with van der Waals surface area (Å²) < 4.78 is 8.73. The van der Waals surface area contributed by atoms with E-state index in [2.05, 4.69) is 10.00 Å². The van der Waals surface area contributed by atoms with Gasteiger partial charge in [0, 0.05) is 48.3 Å². The molecule has 1 fully saturated rings. The largest absolute Gasteiger partial charge is 0.379 e. The highest BCUT2D eigenvalue weighted by molar-refractivity contribution is 7.99. The first kappa shape index (κ1) is 17.1. The van der Waals surface area contributed by atoms with E-state index in [0.717, 1.165) is 67.8 Å². The maximum Gasteiger partial charge on any atom is 0.350 e. The van der Waals surface area contributed by atoms with Crippen molar-refractivity contribution in [2.24, 2.45) is 0 Å². The van der Waals surface area contributed by atoms with Crippen molar-refractivity contribution in [3.63, 3.8) is 0 Å². The van der Waals surface area contributed by atoms with Crippen LogP contribution in [0.3, 0.4) is 0 Å². The summed E-state index contributed by atoms with van der Waals surface area (Å²) in [5, 5.41) is 5.29. The van der Waals surface area contributed by atoms with Crippen LogP contribution in [0, 0.1) is 0 Å². The van der Waals surface area contributed by atoms with Crippen molar-refractivity contribution in [3.8, 4) is 5.69 Å². The summed E-state index contributed by atoms with van der Waals surface area (Å²) in [5.74, 6) is 1.74. The molecule has 6 nitrogen and oxygen atoms in total. The van der Waals surface area contributed by atoms with Gasteiger partial charge in [0.2, 0.25) is 0 Å². The summed E-state index contributed by atoms with van der Waals surface area (Å²) in [6.07, 6.45) is 1.70. The molecule has 1 aromatic carbocycles. The van der Waals surface area contributed by atoms with Crippen molar-refractivity contribution in [1.82, 2.24) is 19.2 Å². The second-order valence-electron chi connectivity index (χ2n) is 6.28. The number of morpholine rings is 1. The van der Waals surface area contributed by atoms with E-state index in [0.29, 0.717) is 11.6 Å². The molecular formula is C17H21ClN4O2S. The molecule has 0 atom stereocenters. The quantitative estimate of drug-likeness (QED) is 0.812. The highest BCUT2D eigenvalue weighted by atomic mass is 35.5. The number of fused-ring (bicyclic) bond motifs is 3. The number of thioether (sulfide) groups is 1. The van der Waals surface area contributed by atoms with Gasteiger partial charge >= 0.3 is 5.69 Å². The van der Waals surface area contributed by atoms with Crippen molar-refractivity contribution < 1.29 is 4.74 Å². The number of ether oxygens (including phenoxy) is 1. The summed E-state index contributed by atoms with van der Waals surface area (Å²) in [6.45, 7) is 5.16. The minimum atomic E-state index is -0.0527. The van der Waals surface area contributed by atoms with Crippen molar-refractivity contribution >= 4 is 23.4 Å². The molecular weight excluding hydrogens is 360 g/mol. The molecule has 1 aromatic heterocycles. The van der Waals surface area contributed by atoms with E-state index in [1.807, 2.05) is 18.2 Å². The highest BCUT2D eigenvalue weighted by Gasteiger charge is 2.21. The number of halogens is 1. The minimum Gasteiger partial charge on any atom is -0.379 e. The SMILES string of the molecule is O=c1n(CCCN2CCOCC2)nc2n1-c1ccc(Cl)cc1SCC2. The predicted molar refractivity (Wildman–Crippen MR) is 99.1 cm³/mol. The third kappa shape index (κ3) is 3.65. The van der Waals surface area contributed by atoms with Crippen LogP contribution in [0.4, 0.5) is 0 Å². The van der Waals surface area contributed by atoms with Crippen LogP contribution in [-0.4, -0.2) is 57.8 Å². The normalized spacial score (nSPS) is 17.8. The van der Waals surface area contributed by atoms with Gasteiger partial charge in [-0.05, 0) is 24.6 Å². The van der Waals surface area contributed by atoms with Crippen LogP contribution < -0.4 is 5.69 Å². The van der Waals surface area contributed by atoms with Gasteiger partial charge in [-0.1, -0.05) is 11.6 Å². The van der Waals surface area contributed by atoms with Crippen LogP contribution in [0.5, 0.6) is 0 Å². The molecule has 0 saturated carbocycles. The number of hydrogen-bond acceptors (Lipinski definition) is 5. The van der Waals surface area contributed by atoms with E-state index < -0.39 is 0 Å². The zero-order valence-electron chi connectivity index (χ0n) is 14.0. The Bertz CT molecular complexity index is 813. The lowest BCUT2D eigenvalue weighted by Gasteiger charge is -2.26. The van der Waals surface area contributed by atoms with E-state index in [-0.39, 0.29) is 5.69 Å². The Morgan fingerprint density at radius 2 is 2.08 bits per heavy atom. The molecule has 0 unspecified atom stereocenters. The Balaban J connectivity index is 1.54. The van der Waals surface area contributed by atoms with Crippen molar-refractivity contribution in [1.29, 1.82) is 0 Å². The third-order valence-corrected chi connectivity index (χ3v) is 5.88. The fourth-order valence-electron chi connectivity index (χ4n) is 3.31.